The van der Waals surface area contributed by atoms with Crippen LogP contribution in [0.1, 0.15) is 22.5 Å². The maximum Gasteiger partial charge on any atom is 0.322 e. The maximum absolute atomic E-state index is 12.4. The van der Waals surface area contributed by atoms with Crippen LogP contribution in [0.25, 0.3) is 0 Å². The summed E-state index contributed by atoms with van der Waals surface area (Å²) >= 11 is 0. The van der Waals surface area contributed by atoms with E-state index >= 15 is 0 Å². The number of furan rings is 1. The molecule has 3 N–H and O–H groups in total. The zero-order valence-corrected chi connectivity index (χ0v) is 14.9. The Morgan fingerprint density at radius 1 is 1.18 bits per heavy atom. The highest BCUT2D eigenvalue weighted by Gasteiger charge is 2.34. The number of carbonyl (C=O) groups is 4. The maximum atomic E-state index is 12.4. The number of aliphatic carboxylic acids is 1. The van der Waals surface area contributed by atoms with E-state index in [1.54, 1.807) is 29.2 Å². The summed E-state index contributed by atoms with van der Waals surface area (Å²) in [5.74, 6) is -1.85. The van der Waals surface area contributed by atoms with Crippen molar-refractivity contribution in [1.82, 2.24) is 10.2 Å². The van der Waals surface area contributed by atoms with Gasteiger partial charge in [0.25, 0.3) is 5.91 Å². The highest BCUT2D eigenvalue weighted by Crippen LogP contribution is 2.22. The molecule has 1 saturated heterocycles. The first-order chi connectivity index (χ1) is 13.4. The van der Waals surface area contributed by atoms with Gasteiger partial charge in [0.2, 0.25) is 11.8 Å². The van der Waals surface area contributed by atoms with Gasteiger partial charge < -0.3 is 25.1 Å². The second-order valence-electron chi connectivity index (χ2n) is 6.40. The zero-order valence-electron chi connectivity index (χ0n) is 14.9. The molecule has 2 aromatic rings. The van der Waals surface area contributed by atoms with Gasteiger partial charge in [-0.05, 0) is 36.4 Å². The third-order valence-corrected chi connectivity index (χ3v) is 4.33. The molecule has 3 rings (SSSR count). The molecule has 2 heterocycles. The lowest BCUT2D eigenvalue weighted by atomic mass is 10.1. The lowest BCUT2D eigenvalue weighted by molar-refractivity contribution is -0.135. The number of amides is 3. The first kappa shape index (κ1) is 19.2. The molecule has 1 unspecified atom stereocenters. The lowest BCUT2D eigenvalue weighted by Crippen LogP contribution is -2.29. The molecule has 1 fully saturated rings. The molecule has 0 saturated carbocycles. The van der Waals surface area contributed by atoms with Crippen LogP contribution >= 0.6 is 0 Å². The Morgan fingerprint density at radius 3 is 2.57 bits per heavy atom. The Morgan fingerprint density at radius 2 is 1.93 bits per heavy atom. The predicted octanol–water partition coefficient (Wildman–Crippen LogP) is 1.08. The normalized spacial score (nSPS) is 16.1. The third-order valence-electron chi connectivity index (χ3n) is 4.33. The van der Waals surface area contributed by atoms with Gasteiger partial charge in [-0.3, -0.25) is 19.2 Å². The smallest absolute Gasteiger partial charge is 0.322 e. The van der Waals surface area contributed by atoms with E-state index in [1.165, 1.54) is 18.4 Å². The number of rotatable bonds is 7. The molecule has 1 aliphatic rings. The monoisotopic (exact) mass is 385 g/mol. The van der Waals surface area contributed by atoms with Gasteiger partial charge in [0.15, 0.2) is 0 Å². The molecule has 1 aromatic carbocycles. The van der Waals surface area contributed by atoms with Crippen LogP contribution in [0.2, 0.25) is 0 Å². The van der Waals surface area contributed by atoms with Crippen molar-refractivity contribution in [3.63, 3.8) is 0 Å². The number of hydrogen-bond acceptors (Lipinski definition) is 5. The Kier molecular flexibility index (Phi) is 5.73. The summed E-state index contributed by atoms with van der Waals surface area (Å²) in [6.07, 6.45) is 1.66. The largest absolute Gasteiger partial charge is 0.480 e. The van der Waals surface area contributed by atoms with Gasteiger partial charge in [0.1, 0.15) is 12.3 Å². The summed E-state index contributed by atoms with van der Waals surface area (Å²) in [6.45, 7) is 0.165. The van der Waals surface area contributed by atoms with Crippen molar-refractivity contribution in [2.45, 2.75) is 13.0 Å². The van der Waals surface area contributed by atoms with Crippen LogP contribution in [0.5, 0.6) is 0 Å². The van der Waals surface area contributed by atoms with Crippen LogP contribution in [0.3, 0.4) is 0 Å². The Bertz CT molecular complexity index is 876. The molecule has 1 atom stereocenters. The number of benzene rings is 1. The SMILES string of the molecule is O=C(O)CNC(=O)c1ccc(NC(=O)C2CC(=O)N(Cc3ccco3)C2)cc1. The fraction of sp³-hybridized carbons (Fsp3) is 0.263. The minimum atomic E-state index is -1.13. The van der Waals surface area contributed by atoms with Crippen LogP contribution < -0.4 is 10.6 Å². The molecule has 0 bridgehead atoms. The topological polar surface area (TPSA) is 129 Å². The van der Waals surface area contributed by atoms with Gasteiger partial charge in [-0.25, -0.2) is 0 Å². The zero-order chi connectivity index (χ0) is 20.1. The molecule has 146 valence electrons. The van der Waals surface area contributed by atoms with Crippen molar-refractivity contribution in [3.05, 3.63) is 54.0 Å². The summed E-state index contributed by atoms with van der Waals surface area (Å²) < 4.78 is 5.24. The first-order valence-electron chi connectivity index (χ1n) is 8.63. The van der Waals surface area contributed by atoms with Crippen molar-refractivity contribution in [2.75, 3.05) is 18.4 Å². The molecule has 1 aliphatic heterocycles. The predicted molar refractivity (Wildman–Crippen MR) is 97.3 cm³/mol. The Labute approximate surface area is 160 Å². The van der Waals surface area contributed by atoms with E-state index in [9.17, 15) is 19.2 Å². The average Bonchev–Trinajstić information content (AvgIpc) is 3.31. The van der Waals surface area contributed by atoms with Gasteiger partial charge in [-0.2, -0.15) is 0 Å². The standard InChI is InChI=1S/C19H19N3O6/c23-16-8-13(10-22(16)11-15-2-1-7-28-15)19(27)21-14-5-3-12(4-6-14)18(26)20-9-17(24)25/h1-7,13H,8-11H2,(H,20,26)(H,21,27)(H,24,25). The Hall–Kier alpha value is -3.62. The third kappa shape index (κ3) is 4.76. The minimum absolute atomic E-state index is 0.109. The number of anilines is 1. The number of carboxylic acids is 1. The number of likely N-dealkylation sites (tertiary alicyclic amines) is 1. The van der Waals surface area contributed by atoms with Crippen LogP contribution in [-0.2, 0) is 20.9 Å². The lowest BCUT2D eigenvalue weighted by Gasteiger charge is -2.15. The van der Waals surface area contributed by atoms with E-state index in [0.717, 1.165) is 0 Å². The van der Waals surface area contributed by atoms with E-state index in [-0.39, 0.29) is 23.8 Å². The van der Waals surface area contributed by atoms with Crippen molar-refractivity contribution in [3.8, 4) is 0 Å². The van der Waals surface area contributed by atoms with Crippen molar-refractivity contribution in [2.24, 2.45) is 5.92 Å². The summed E-state index contributed by atoms with van der Waals surface area (Å²) in [7, 11) is 0. The van der Waals surface area contributed by atoms with Gasteiger partial charge in [-0.1, -0.05) is 0 Å². The van der Waals surface area contributed by atoms with Gasteiger partial charge in [0, 0.05) is 24.2 Å². The summed E-state index contributed by atoms with van der Waals surface area (Å²) in [6, 6.07) is 9.57. The molecular formula is C19H19N3O6. The fourth-order valence-electron chi connectivity index (χ4n) is 2.90. The highest BCUT2D eigenvalue weighted by molar-refractivity contribution is 5.99. The van der Waals surface area contributed by atoms with E-state index in [1.807, 2.05) is 0 Å². The summed E-state index contributed by atoms with van der Waals surface area (Å²) in [5.41, 5.74) is 0.761. The number of nitrogens with zero attached hydrogens (tertiary/aromatic N) is 1. The number of hydrogen-bond donors (Lipinski definition) is 3. The van der Waals surface area contributed by atoms with Crippen molar-refractivity contribution >= 4 is 29.4 Å². The molecular weight excluding hydrogens is 366 g/mol. The average molecular weight is 385 g/mol. The van der Waals surface area contributed by atoms with Gasteiger partial charge in [0.05, 0.1) is 18.7 Å². The molecule has 1 aromatic heterocycles. The second kappa shape index (κ2) is 8.38. The van der Waals surface area contributed by atoms with Gasteiger partial charge >= 0.3 is 5.97 Å². The molecule has 3 amide bonds. The van der Waals surface area contributed by atoms with E-state index in [0.29, 0.717) is 24.5 Å². The van der Waals surface area contributed by atoms with Gasteiger partial charge in [-0.15, -0.1) is 0 Å². The molecule has 9 nitrogen and oxygen atoms in total. The molecule has 0 radical (unpaired) electrons. The van der Waals surface area contributed by atoms with E-state index < -0.39 is 24.3 Å². The summed E-state index contributed by atoms with van der Waals surface area (Å²) in [5, 5.41) is 13.6. The highest BCUT2D eigenvalue weighted by atomic mass is 16.4. The second-order valence-corrected chi connectivity index (χ2v) is 6.40. The first-order valence-corrected chi connectivity index (χ1v) is 8.63. The van der Waals surface area contributed by atoms with Crippen molar-refractivity contribution in [1.29, 1.82) is 0 Å². The van der Waals surface area contributed by atoms with E-state index in [2.05, 4.69) is 10.6 Å². The summed E-state index contributed by atoms with van der Waals surface area (Å²) in [4.78, 5) is 48.4. The van der Waals surface area contributed by atoms with Crippen LogP contribution in [0.4, 0.5) is 5.69 Å². The van der Waals surface area contributed by atoms with Crippen LogP contribution in [0.15, 0.2) is 47.1 Å². The minimum Gasteiger partial charge on any atom is -0.480 e. The fourth-order valence-corrected chi connectivity index (χ4v) is 2.90. The molecule has 0 spiro atoms. The number of carbonyl (C=O) groups excluding carboxylic acids is 3. The Balaban J connectivity index is 1.54. The quantitative estimate of drug-likeness (QED) is 0.654. The van der Waals surface area contributed by atoms with E-state index in [4.69, 9.17) is 9.52 Å². The van der Waals surface area contributed by atoms with Crippen LogP contribution in [0, 0.1) is 5.92 Å². The molecule has 9 heteroatoms. The number of carboxylic acid groups (broad SMARTS) is 1. The van der Waals surface area contributed by atoms with Crippen LogP contribution in [-0.4, -0.2) is 46.8 Å². The molecule has 0 aliphatic carbocycles. The van der Waals surface area contributed by atoms with Crippen molar-refractivity contribution < 1.29 is 28.7 Å². The number of nitrogens with one attached hydrogen (secondary N) is 2. The molecule has 28 heavy (non-hydrogen) atoms.